The summed E-state index contributed by atoms with van der Waals surface area (Å²) in [5.41, 5.74) is 2.15. The van der Waals surface area contributed by atoms with E-state index in [2.05, 4.69) is 10.3 Å². The van der Waals surface area contributed by atoms with Gasteiger partial charge in [0.15, 0.2) is 5.69 Å². The molecule has 0 atom stereocenters. The minimum Gasteiger partial charge on any atom is -0.476 e. The molecule has 19 heavy (non-hydrogen) atoms. The van der Waals surface area contributed by atoms with Crippen LogP contribution in [0.15, 0.2) is 36.4 Å². The smallest absolute Gasteiger partial charge is 0.356 e. The lowest BCUT2D eigenvalue weighted by molar-refractivity contribution is 0.0691. The van der Waals surface area contributed by atoms with Crippen LogP contribution in [0.1, 0.15) is 21.6 Å². The summed E-state index contributed by atoms with van der Waals surface area (Å²) in [6, 6.07) is 11.2. The maximum atomic E-state index is 10.9. The molecule has 0 amide bonds. The largest absolute Gasteiger partial charge is 0.476 e. The fraction of sp³-hybridized carbons (Fsp3) is 0.143. The molecule has 0 saturated heterocycles. The van der Waals surface area contributed by atoms with E-state index in [0.717, 1.165) is 5.56 Å². The molecule has 0 fully saturated rings. The highest BCUT2D eigenvalue weighted by atomic mass is 35.5. The standard InChI is InChI=1S/C14H13ClN2O2/c1-9-2-4-10(5-3-9)8-16-12-7-6-11(15)13(17-12)14(18)19/h2-7H,8H2,1H3,(H,16,17)(H,18,19). The maximum absolute atomic E-state index is 10.9. The van der Waals surface area contributed by atoms with E-state index in [1.165, 1.54) is 11.6 Å². The summed E-state index contributed by atoms with van der Waals surface area (Å²) in [6.45, 7) is 2.60. The zero-order valence-corrected chi connectivity index (χ0v) is 11.1. The van der Waals surface area contributed by atoms with Crippen molar-refractivity contribution in [2.45, 2.75) is 13.5 Å². The molecule has 5 heteroatoms. The molecule has 0 aliphatic carbocycles. The van der Waals surface area contributed by atoms with Gasteiger partial charge in [-0.1, -0.05) is 41.4 Å². The van der Waals surface area contributed by atoms with Gasteiger partial charge in [-0.05, 0) is 24.6 Å². The van der Waals surface area contributed by atoms with E-state index in [0.29, 0.717) is 12.4 Å². The molecular weight excluding hydrogens is 264 g/mol. The van der Waals surface area contributed by atoms with Crippen LogP contribution >= 0.6 is 11.6 Å². The zero-order chi connectivity index (χ0) is 13.8. The van der Waals surface area contributed by atoms with Crippen molar-refractivity contribution in [2.75, 3.05) is 5.32 Å². The Labute approximate surface area is 116 Å². The Morgan fingerprint density at radius 1 is 1.26 bits per heavy atom. The van der Waals surface area contributed by atoms with Crippen molar-refractivity contribution in [3.63, 3.8) is 0 Å². The molecule has 2 N–H and O–H groups in total. The number of aromatic carboxylic acids is 1. The van der Waals surface area contributed by atoms with E-state index in [1.54, 1.807) is 6.07 Å². The van der Waals surface area contributed by atoms with Crippen molar-refractivity contribution in [3.05, 3.63) is 58.2 Å². The van der Waals surface area contributed by atoms with Gasteiger partial charge in [0.1, 0.15) is 5.82 Å². The van der Waals surface area contributed by atoms with Crippen molar-refractivity contribution >= 4 is 23.4 Å². The maximum Gasteiger partial charge on any atom is 0.356 e. The second-order valence-electron chi connectivity index (χ2n) is 4.17. The minimum atomic E-state index is -1.14. The Balaban J connectivity index is 2.09. The fourth-order valence-electron chi connectivity index (χ4n) is 1.59. The Hall–Kier alpha value is -2.07. The average molecular weight is 277 g/mol. The molecule has 1 heterocycles. The molecular formula is C14H13ClN2O2. The monoisotopic (exact) mass is 276 g/mol. The van der Waals surface area contributed by atoms with Crippen LogP contribution in [-0.2, 0) is 6.54 Å². The first kappa shape index (κ1) is 13.4. The third kappa shape index (κ3) is 3.45. The SMILES string of the molecule is Cc1ccc(CNc2ccc(Cl)c(C(=O)O)n2)cc1. The number of aryl methyl sites for hydroxylation is 1. The van der Waals surface area contributed by atoms with Crippen LogP contribution in [0, 0.1) is 6.92 Å². The van der Waals surface area contributed by atoms with Crippen molar-refractivity contribution < 1.29 is 9.90 Å². The van der Waals surface area contributed by atoms with Crippen LogP contribution in [0.4, 0.5) is 5.82 Å². The first-order chi connectivity index (χ1) is 9.06. The lowest BCUT2D eigenvalue weighted by Crippen LogP contribution is -2.06. The summed E-state index contributed by atoms with van der Waals surface area (Å²) in [5.74, 6) is -0.647. The third-order valence-corrected chi connectivity index (χ3v) is 2.95. The first-order valence-corrected chi connectivity index (χ1v) is 6.13. The predicted octanol–water partition coefficient (Wildman–Crippen LogP) is 3.35. The second kappa shape index (κ2) is 5.71. The predicted molar refractivity (Wildman–Crippen MR) is 74.7 cm³/mol. The van der Waals surface area contributed by atoms with E-state index in [1.807, 2.05) is 31.2 Å². The van der Waals surface area contributed by atoms with Crippen molar-refractivity contribution in [3.8, 4) is 0 Å². The number of nitrogens with zero attached hydrogens (tertiary/aromatic N) is 1. The number of halogens is 1. The number of aromatic nitrogens is 1. The number of nitrogens with one attached hydrogen (secondary N) is 1. The molecule has 4 nitrogen and oxygen atoms in total. The van der Waals surface area contributed by atoms with Gasteiger partial charge in [-0.25, -0.2) is 9.78 Å². The summed E-state index contributed by atoms with van der Waals surface area (Å²) < 4.78 is 0. The highest BCUT2D eigenvalue weighted by Crippen LogP contribution is 2.17. The van der Waals surface area contributed by atoms with E-state index >= 15 is 0 Å². The molecule has 2 rings (SSSR count). The number of hydrogen-bond acceptors (Lipinski definition) is 3. The highest BCUT2D eigenvalue weighted by Gasteiger charge is 2.11. The minimum absolute atomic E-state index is 0.133. The summed E-state index contributed by atoms with van der Waals surface area (Å²) in [5, 5.41) is 12.1. The number of hydrogen-bond donors (Lipinski definition) is 2. The number of carboxylic acids is 1. The second-order valence-corrected chi connectivity index (χ2v) is 4.58. The number of pyridine rings is 1. The van der Waals surface area contributed by atoms with Crippen molar-refractivity contribution in [1.82, 2.24) is 4.98 Å². The molecule has 98 valence electrons. The topological polar surface area (TPSA) is 62.2 Å². The molecule has 1 aromatic heterocycles. The quantitative estimate of drug-likeness (QED) is 0.899. The van der Waals surface area contributed by atoms with E-state index in [4.69, 9.17) is 16.7 Å². The number of carbonyl (C=O) groups is 1. The van der Waals surface area contributed by atoms with Crippen LogP contribution < -0.4 is 5.32 Å². The van der Waals surface area contributed by atoms with Gasteiger partial charge in [-0.2, -0.15) is 0 Å². The molecule has 0 aliphatic rings. The fourth-order valence-corrected chi connectivity index (χ4v) is 1.78. The Morgan fingerprint density at radius 2 is 1.95 bits per heavy atom. The summed E-state index contributed by atoms with van der Waals surface area (Å²) in [6.07, 6.45) is 0. The third-order valence-electron chi connectivity index (χ3n) is 2.64. The van der Waals surface area contributed by atoms with Gasteiger partial charge >= 0.3 is 5.97 Å². The highest BCUT2D eigenvalue weighted by molar-refractivity contribution is 6.33. The molecule has 2 aromatic rings. The number of anilines is 1. The van der Waals surface area contributed by atoms with Crippen LogP contribution in [0.5, 0.6) is 0 Å². The summed E-state index contributed by atoms with van der Waals surface area (Å²) in [7, 11) is 0. The van der Waals surface area contributed by atoms with Crippen molar-refractivity contribution in [2.24, 2.45) is 0 Å². The number of carboxylic acid groups (broad SMARTS) is 1. The van der Waals surface area contributed by atoms with Gasteiger partial charge in [-0.15, -0.1) is 0 Å². The lowest BCUT2D eigenvalue weighted by Gasteiger charge is -2.07. The van der Waals surface area contributed by atoms with Crippen LogP contribution in [-0.4, -0.2) is 16.1 Å². The zero-order valence-electron chi connectivity index (χ0n) is 10.4. The Kier molecular flexibility index (Phi) is 4.02. The average Bonchev–Trinajstić information content (AvgIpc) is 2.39. The molecule has 0 saturated carbocycles. The Bertz CT molecular complexity index is 597. The van der Waals surface area contributed by atoms with Gasteiger partial charge < -0.3 is 10.4 Å². The van der Waals surface area contributed by atoms with Gasteiger partial charge in [0, 0.05) is 6.54 Å². The lowest BCUT2D eigenvalue weighted by atomic mass is 10.1. The molecule has 0 unspecified atom stereocenters. The normalized spacial score (nSPS) is 10.2. The van der Waals surface area contributed by atoms with E-state index in [9.17, 15) is 4.79 Å². The van der Waals surface area contributed by atoms with Crippen LogP contribution in [0.3, 0.4) is 0 Å². The van der Waals surface area contributed by atoms with Gasteiger partial charge in [0.05, 0.1) is 5.02 Å². The van der Waals surface area contributed by atoms with Crippen LogP contribution in [0.25, 0.3) is 0 Å². The molecule has 1 aromatic carbocycles. The molecule has 0 radical (unpaired) electrons. The van der Waals surface area contributed by atoms with Crippen LogP contribution in [0.2, 0.25) is 5.02 Å². The van der Waals surface area contributed by atoms with Gasteiger partial charge in [-0.3, -0.25) is 0 Å². The number of rotatable bonds is 4. The summed E-state index contributed by atoms with van der Waals surface area (Å²) >= 11 is 5.75. The van der Waals surface area contributed by atoms with Gasteiger partial charge in [0.2, 0.25) is 0 Å². The first-order valence-electron chi connectivity index (χ1n) is 5.75. The van der Waals surface area contributed by atoms with Crippen molar-refractivity contribution in [1.29, 1.82) is 0 Å². The number of benzene rings is 1. The summed E-state index contributed by atoms with van der Waals surface area (Å²) in [4.78, 5) is 14.9. The molecule has 0 aliphatic heterocycles. The van der Waals surface area contributed by atoms with E-state index in [-0.39, 0.29) is 10.7 Å². The molecule has 0 bridgehead atoms. The van der Waals surface area contributed by atoms with E-state index < -0.39 is 5.97 Å². The molecule has 0 spiro atoms. The Morgan fingerprint density at radius 3 is 2.58 bits per heavy atom. The van der Waals surface area contributed by atoms with Gasteiger partial charge in [0.25, 0.3) is 0 Å².